The second-order valence-electron chi connectivity index (χ2n) is 4.88. The van der Waals surface area contributed by atoms with E-state index in [9.17, 15) is 10.2 Å². The molecular weight excluding hydrogens is 224 g/mol. The zero-order chi connectivity index (χ0) is 13.7. The number of hydrogen-bond acceptors (Lipinski definition) is 2. The van der Waals surface area contributed by atoms with Crippen molar-refractivity contribution in [3.05, 3.63) is 28.3 Å². The van der Waals surface area contributed by atoms with Crippen LogP contribution in [0.5, 0.6) is 11.5 Å². The third-order valence-corrected chi connectivity index (χ3v) is 3.55. The molecule has 0 aliphatic heterocycles. The molecule has 0 unspecified atom stereocenters. The van der Waals surface area contributed by atoms with Crippen LogP contribution < -0.4 is 0 Å². The Morgan fingerprint density at radius 1 is 0.889 bits per heavy atom. The molecule has 0 bridgehead atoms. The van der Waals surface area contributed by atoms with Crippen LogP contribution in [-0.4, -0.2) is 10.2 Å². The summed E-state index contributed by atoms with van der Waals surface area (Å²) in [5.41, 5.74) is 3.01. The molecule has 0 atom stereocenters. The van der Waals surface area contributed by atoms with E-state index in [-0.39, 0.29) is 5.75 Å². The Bertz CT molecular complexity index is 416. The van der Waals surface area contributed by atoms with Crippen LogP contribution in [0.3, 0.4) is 0 Å². The van der Waals surface area contributed by atoms with E-state index in [1.807, 2.05) is 26.8 Å². The van der Waals surface area contributed by atoms with Crippen LogP contribution in [0.1, 0.15) is 54.9 Å². The molecule has 0 spiro atoms. The molecule has 0 fully saturated rings. The number of rotatable bonds is 5. The van der Waals surface area contributed by atoms with Gasteiger partial charge in [0.1, 0.15) is 11.5 Å². The zero-order valence-corrected chi connectivity index (χ0v) is 11.9. The van der Waals surface area contributed by atoms with Gasteiger partial charge >= 0.3 is 0 Å². The summed E-state index contributed by atoms with van der Waals surface area (Å²) in [4.78, 5) is 0. The molecule has 2 N–H and O–H groups in total. The number of allylic oxidation sites excluding steroid dienone is 1. The summed E-state index contributed by atoms with van der Waals surface area (Å²) in [5, 5.41) is 20.1. The lowest BCUT2D eigenvalue weighted by Crippen LogP contribution is -1.92. The molecule has 0 saturated heterocycles. The molecule has 0 radical (unpaired) electrons. The third kappa shape index (κ3) is 3.06. The monoisotopic (exact) mass is 248 g/mol. The fourth-order valence-corrected chi connectivity index (χ4v) is 2.06. The summed E-state index contributed by atoms with van der Waals surface area (Å²) < 4.78 is 0. The highest BCUT2D eigenvalue weighted by molar-refractivity contribution is 5.68. The maximum Gasteiger partial charge on any atom is 0.126 e. The summed E-state index contributed by atoms with van der Waals surface area (Å²) in [5.74, 6) is 0.577. The van der Waals surface area contributed by atoms with E-state index >= 15 is 0 Å². The molecule has 1 rings (SSSR count). The second-order valence-corrected chi connectivity index (χ2v) is 4.88. The van der Waals surface area contributed by atoms with Crippen LogP contribution in [0.15, 0.2) is 6.08 Å². The largest absolute Gasteiger partial charge is 0.507 e. The predicted molar refractivity (Wildman–Crippen MR) is 77.2 cm³/mol. The first-order valence-electron chi connectivity index (χ1n) is 6.68. The van der Waals surface area contributed by atoms with Gasteiger partial charge in [-0.3, -0.25) is 0 Å². The maximum atomic E-state index is 10.1. The minimum absolute atomic E-state index is 0.287. The van der Waals surface area contributed by atoms with Crippen molar-refractivity contribution in [2.45, 2.75) is 53.4 Å². The van der Waals surface area contributed by atoms with Gasteiger partial charge in [-0.1, -0.05) is 31.9 Å². The van der Waals surface area contributed by atoms with Gasteiger partial charge in [0.25, 0.3) is 0 Å². The number of benzene rings is 1. The Labute approximate surface area is 110 Å². The van der Waals surface area contributed by atoms with Gasteiger partial charge in [-0.25, -0.2) is 0 Å². The molecule has 0 amide bonds. The lowest BCUT2D eigenvalue weighted by molar-refractivity contribution is 0.448. The van der Waals surface area contributed by atoms with E-state index in [0.29, 0.717) is 5.75 Å². The fourth-order valence-electron chi connectivity index (χ4n) is 2.06. The molecule has 0 aliphatic carbocycles. The van der Waals surface area contributed by atoms with E-state index in [4.69, 9.17) is 0 Å². The smallest absolute Gasteiger partial charge is 0.126 e. The first kappa shape index (κ1) is 14.6. The van der Waals surface area contributed by atoms with E-state index in [1.54, 1.807) is 0 Å². The zero-order valence-electron chi connectivity index (χ0n) is 11.9. The lowest BCUT2D eigenvalue weighted by Gasteiger charge is -2.13. The molecule has 0 aliphatic rings. The molecule has 2 heteroatoms. The minimum Gasteiger partial charge on any atom is -0.507 e. The van der Waals surface area contributed by atoms with Gasteiger partial charge in [-0.05, 0) is 44.7 Å². The summed E-state index contributed by atoms with van der Waals surface area (Å²) in [6.07, 6.45) is 8.62. The number of unbranched alkanes of at least 4 members (excludes halogenated alkanes) is 3. The van der Waals surface area contributed by atoms with Gasteiger partial charge in [-0.15, -0.1) is 0 Å². The highest BCUT2D eigenvalue weighted by Crippen LogP contribution is 2.36. The molecule has 0 saturated carbocycles. The highest BCUT2D eigenvalue weighted by atomic mass is 16.3. The van der Waals surface area contributed by atoms with Gasteiger partial charge in [0.2, 0.25) is 0 Å². The van der Waals surface area contributed by atoms with E-state index in [2.05, 4.69) is 13.0 Å². The molecular formula is C16H24O2. The summed E-state index contributed by atoms with van der Waals surface area (Å²) in [6, 6.07) is 0. The molecule has 2 nitrogen and oxygen atoms in total. The van der Waals surface area contributed by atoms with Crippen molar-refractivity contribution in [2.24, 2.45) is 0 Å². The first-order chi connectivity index (χ1) is 8.50. The normalized spacial score (nSPS) is 11.3. The number of phenols is 2. The van der Waals surface area contributed by atoms with Gasteiger partial charge in [-0.2, -0.15) is 0 Å². The van der Waals surface area contributed by atoms with Crippen LogP contribution in [0.25, 0.3) is 6.08 Å². The van der Waals surface area contributed by atoms with E-state index in [1.165, 1.54) is 19.3 Å². The Hall–Kier alpha value is -1.44. The van der Waals surface area contributed by atoms with Gasteiger partial charge in [0.05, 0.1) is 0 Å². The van der Waals surface area contributed by atoms with E-state index in [0.717, 1.165) is 28.7 Å². The average Bonchev–Trinajstić information content (AvgIpc) is 2.37. The van der Waals surface area contributed by atoms with Gasteiger partial charge in [0, 0.05) is 11.1 Å². The fraction of sp³-hybridized carbons (Fsp3) is 0.500. The summed E-state index contributed by atoms with van der Waals surface area (Å²) in [7, 11) is 0. The van der Waals surface area contributed by atoms with Crippen LogP contribution >= 0.6 is 0 Å². The van der Waals surface area contributed by atoms with Crippen molar-refractivity contribution in [1.29, 1.82) is 0 Å². The summed E-state index contributed by atoms with van der Waals surface area (Å²) in [6.45, 7) is 7.68. The Balaban J connectivity index is 2.96. The van der Waals surface area contributed by atoms with Crippen molar-refractivity contribution >= 4 is 6.08 Å². The molecule has 1 aromatic rings. The Morgan fingerprint density at radius 3 is 2.11 bits per heavy atom. The van der Waals surface area contributed by atoms with Crippen LogP contribution in [0.2, 0.25) is 0 Å². The van der Waals surface area contributed by atoms with Crippen molar-refractivity contribution in [3.8, 4) is 11.5 Å². The lowest BCUT2D eigenvalue weighted by atomic mass is 9.97. The van der Waals surface area contributed by atoms with Crippen molar-refractivity contribution < 1.29 is 10.2 Å². The highest BCUT2D eigenvalue weighted by Gasteiger charge is 2.13. The molecule has 100 valence electrons. The van der Waals surface area contributed by atoms with Crippen LogP contribution in [-0.2, 0) is 0 Å². The maximum absolute atomic E-state index is 10.1. The SMILES string of the molecule is CCCCC/C=C\c1c(C)c(O)c(C)c(C)c1O. The summed E-state index contributed by atoms with van der Waals surface area (Å²) >= 11 is 0. The topological polar surface area (TPSA) is 40.5 Å². The minimum atomic E-state index is 0.287. The number of hydrogen-bond donors (Lipinski definition) is 2. The molecule has 1 aromatic carbocycles. The van der Waals surface area contributed by atoms with Crippen molar-refractivity contribution in [3.63, 3.8) is 0 Å². The molecule has 0 aromatic heterocycles. The quantitative estimate of drug-likeness (QED) is 0.589. The van der Waals surface area contributed by atoms with E-state index < -0.39 is 0 Å². The standard InChI is InChI=1S/C16H24O2/c1-5-6-7-8-9-10-14-13(4)15(17)11(2)12(3)16(14)18/h9-10,17-18H,5-8H2,1-4H3/b10-9-. The van der Waals surface area contributed by atoms with Crippen molar-refractivity contribution in [1.82, 2.24) is 0 Å². The average molecular weight is 248 g/mol. The first-order valence-corrected chi connectivity index (χ1v) is 6.68. The Kier molecular flexibility index (Phi) is 5.26. The van der Waals surface area contributed by atoms with Crippen LogP contribution in [0.4, 0.5) is 0 Å². The predicted octanol–water partition coefficient (Wildman–Crippen LogP) is 4.62. The number of aromatic hydroxyl groups is 2. The van der Waals surface area contributed by atoms with Gasteiger partial charge < -0.3 is 10.2 Å². The number of phenolic OH excluding ortho intramolecular Hbond substituents is 2. The van der Waals surface area contributed by atoms with Gasteiger partial charge in [0.15, 0.2) is 0 Å². The van der Waals surface area contributed by atoms with Crippen LogP contribution in [0, 0.1) is 20.8 Å². The molecule has 0 heterocycles. The second kappa shape index (κ2) is 6.48. The van der Waals surface area contributed by atoms with Crippen molar-refractivity contribution in [2.75, 3.05) is 0 Å². The molecule has 18 heavy (non-hydrogen) atoms. The Morgan fingerprint density at radius 2 is 1.50 bits per heavy atom. The third-order valence-electron chi connectivity index (χ3n) is 3.55.